The zero-order valence-electron chi connectivity index (χ0n) is 12.1. The van der Waals surface area contributed by atoms with Crippen LogP contribution in [0, 0.1) is 0 Å². The zero-order valence-corrected chi connectivity index (χ0v) is 12.1. The van der Waals surface area contributed by atoms with Gasteiger partial charge in [0.2, 0.25) is 5.91 Å². The standard InChI is InChI=1S/C15H16N6O/c1-2-7-17-14-11-15(19-8-18-11)21-13(20-14)10-5-3-9(4-6-10)12(16)22/h3-6,8H,2,7H2,1H3,(H2,16,22)(H2,17,18,19,20,21). The zero-order chi connectivity index (χ0) is 15.5. The van der Waals surface area contributed by atoms with Crippen molar-refractivity contribution >= 4 is 22.9 Å². The Morgan fingerprint density at radius 1 is 1.27 bits per heavy atom. The van der Waals surface area contributed by atoms with Gasteiger partial charge in [-0.15, -0.1) is 0 Å². The van der Waals surface area contributed by atoms with Gasteiger partial charge in [0, 0.05) is 17.7 Å². The van der Waals surface area contributed by atoms with Crippen molar-refractivity contribution in [2.45, 2.75) is 13.3 Å². The minimum absolute atomic E-state index is 0.453. The van der Waals surface area contributed by atoms with Crippen LogP contribution in [-0.4, -0.2) is 32.4 Å². The molecule has 1 amide bonds. The van der Waals surface area contributed by atoms with Crippen molar-refractivity contribution in [2.75, 3.05) is 11.9 Å². The maximum Gasteiger partial charge on any atom is 0.248 e. The molecule has 0 saturated heterocycles. The van der Waals surface area contributed by atoms with Gasteiger partial charge in [0.05, 0.1) is 6.33 Å². The van der Waals surface area contributed by atoms with E-state index in [1.165, 1.54) is 0 Å². The summed E-state index contributed by atoms with van der Waals surface area (Å²) in [5.74, 6) is 0.813. The van der Waals surface area contributed by atoms with Crippen LogP contribution in [0.15, 0.2) is 30.6 Å². The molecule has 0 bridgehead atoms. The summed E-state index contributed by atoms with van der Waals surface area (Å²) < 4.78 is 0. The monoisotopic (exact) mass is 296 g/mol. The Balaban J connectivity index is 2.04. The van der Waals surface area contributed by atoms with E-state index in [1.807, 2.05) is 0 Å². The van der Waals surface area contributed by atoms with Crippen LogP contribution in [0.3, 0.4) is 0 Å². The van der Waals surface area contributed by atoms with Crippen molar-refractivity contribution in [3.63, 3.8) is 0 Å². The second-order valence-corrected chi connectivity index (χ2v) is 4.87. The van der Waals surface area contributed by atoms with Crippen LogP contribution < -0.4 is 11.1 Å². The van der Waals surface area contributed by atoms with Gasteiger partial charge in [-0.1, -0.05) is 19.1 Å². The normalized spacial score (nSPS) is 10.8. The van der Waals surface area contributed by atoms with Gasteiger partial charge >= 0.3 is 0 Å². The molecule has 0 fully saturated rings. The van der Waals surface area contributed by atoms with Crippen LogP contribution in [0.25, 0.3) is 22.6 Å². The fraction of sp³-hybridized carbons (Fsp3) is 0.200. The average molecular weight is 296 g/mol. The van der Waals surface area contributed by atoms with Gasteiger partial charge in [-0.25, -0.2) is 15.0 Å². The summed E-state index contributed by atoms with van der Waals surface area (Å²) >= 11 is 0. The van der Waals surface area contributed by atoms with E-state index in [0.29, 0.717) is 17.0 Å². The summed E-state index contributed by atoms with van der Waals surface area (Å²) in [6.07, 6.45) is 2.58. The van der Waals surface area contributed by atoms with Crippen LogP contribution >= 0.6 is 0 Å². The number of anilines is 1. The number of aromatic amines is 1. The van der Waals surface area contributed by atoms with Gasteiger partial charge in [0.15, 0.2) is 17.3 Å². The second kappa shape index (κ2) is 5.80. The Bertz CT molecular complexity index is 809. The second-order valence-electron chi connectivity index (χ2n) is 4.87. The topological polar surface area (TPSA) is 110 Å². The quantitative estimate of drug-likeness (QED) is 0.666. The van der Waals surface area contributed by atoms with Crippen molar-refractivity contribution in [2.24, 2.45) is 5.73 Å². The third kappa shape index (κ3) is 2.60. The lowest BCUT2D eigenvalue weighted by molar-refractivity contribution is 0.100. The molecule has 0 aliphatic carbocycles. The maximum absolute atomic E-state index is 11.1. The summed E-state index contributed by atoms with van der Waals surface area (Å²) in [5, 5.41) is 3.27. The van der Waals surface area contributed by atoms with E-state index in [-0.39, 0.29) is 0 Å². The maximum atomic E-state index is 11.1. The minimum atomic E-state index is -0.458. The molecule has 0 spiro atoms. The predicted molar refractivity (Wildman–Crippen MR) is 84.4 cm³/mol. The largest absolute Gasteiger partial charge is 0.368 e. The highest BCUT2D eigenvalue weighted by atomic mass is 16.1. The molecular weight excluding hydrogens is 280 g/mol. The van der Waals surface area contributed by atoms with Crippen molar-refractivity contribution in [3.05, 3.63) is 36.2 Å². The van der Waals surface area contributed by atoms with Crippen LogP contribution in [0.2, 0.25) is 0 Å². The molecule has 7 heteroatoms. The van der Waals surface area contributed by atoms with E-state index in [9.17, 15) is 4.79 Å². The molecule has 0 unspecified atom stereocenters. The number of nitrogens with zero attached hydrogens (tertiary/aromatic N) is 3. The molecule has 0 atom stereocenters. The number of fused-ring (bicyclic) bond motifs is 1. The summed E-state index contributed by atoms with van der Waals surface area (Å²) in [4.78, 5) is 27.4. The van der Waals surface area contributed by atoms with Gasteiger partial charge in [-0.05, 0) is 18.6 Å². The molecule has 0 saturated carbocycles. The smallest absolute Gasteiger partial charge is 0.248 e. The van der Waals surface area contributed by atoms with E-state index >= 15 is 0 Å². The lowest BCUT2D eigenvalue weighted by atomic mass is 10.1. The van der Waals surface area contributed by atoms with Crippen molar-refractivity contribution in [1.29, 1.82) is 0 Å². The molecule has 0 radical (unpaired) electrons. The first-order valence-corrected chi connectivity index (χ1v) is 7.04. The first-order valence-electron chi connectivity index (χ1n) is 7.04. The number of hydrogen-bond acceptors (Lipinski definition) is 5. The summed E-state index contributed by atoms with van der Waals surface area (Å²) in [6, 6.07) is 6.87. The molecule has 112 valence electrons. The van der Waals surface area contributed by atoms with E-state index in [0.717, 1.165) is 29.9 Å². The Morgan fingerprint density at radius 2 is 2.05 bits per heavy atom. The first-order chi connectivity index (χ1) is 10.7. The van der Waals surface area contributed by atoms with Crippen molar-refractivity contribution in [3.8, 4) is 11.4 Å². The SMILES string of the molecule is CCCNc1nc(-c2ccc(C(N)=O)cc2)nc2nc[nH]c12. The van der Waals surface area contributed by atoms with Gasteiger partial charge < -0.3 is 16.0 Å². The van der Waals surface area contributed by atoms with Crippen molar-refractivity contribution in [1.82, 2.24) is 19.9 Å². The number of benzene rings is 1. The number of imidazole rings is 1. The van der Waals surface area contributed by atoms with E-state index in [2.05, 4.69) is 32.2 Å². The van der Waals surface area contributed by atoms with Gasteiger partial charge in [-0.2, -0.15) is 0 Å². The summed E-state index contributed by atoms with van der Waals surface area (Å²) in [6.45, 7) is 2.90. The van der Waals surface area contributed by atoms with E-state index in [4.69, 9.17) is 5.73 Å². The van der Waals surface area contributed by atoms with Crippen LogP contribution in [0.4, 0.5) is 5.82 Å². The van der Waals surface area contributed by atoms with Gasteiger partial charge in [0.25, 0.3) is 0 Å². The Labute approximate surface area is 127 Å². The molecule has 0 aliphatic heterocycles. The van der Waals surface area contributed by atoms with Crippen LogP contribution in [0.5, 0.6) is 0 Å². The highest BCUT2D eigenvalue weighted by Gasteiger charge is 2.11. The number of amides is 1. The first kappa shape index (κ1) is 14.0. The summed E-state index contributed by atoms with van der Waals surface area (Å²) in [5.41, 5.74) is 7.88. The molecule has 3 aromatic rings. The molecule has 3 rings (SSSR count). The van der Waals surface area contributed by atoms with Crippen molar-refractivity contribution < 1.29 is 4.79 Å². The lowest BCUT2D eigenvalue weighted by Crippen LogP contribution is -2.10. The Hall–Kier alpha value is -2.96. The molecule has 2 aromatic heterocycles. The number of nitrogens with two attached hydrogens (primary N) is 1. The van der Waals surface area contributed by atoms with Crippen LogP contribution in [0.1, 0.15) is 23.7 Å². The number of rotatable bonds is 5. The third-order valence-corrected chi connectivity index (χ3v) is 3.26. The lowest BCUT2D eigenvalue weighted by Gasteiger charge is -2.07. The number of carbonyl (C=O) groups excluding carboxylic acids is 1. The minimum Gasteiger partial charge on any atom is -0.368 e. The molecule has 7 nitrogen and oxygen atoms in total. The molecule has 1 aromatic carbocycles. The highest BCUT2D eigenvalue weighted by molar-refractivity contribution is 5.93. The fourth-order valence-corrected chi connectivity index (χ4v) is 2.12. The molecule has 0 aliphatic rings. The molecule has 4 N–H and O–H groups in total. The van der Waals surface area contributed by atoms with Gasteiger partial charge in [0.1, 0.15) is 5.52 Å². The van der Waals surface area contributed by atoms with E-state index < -0.39 is 5.91 Å². The molecular formula is C15H16N6O. The number of aromatic nitrogens is 4. The number of nitrogens with one attached hydrogen (secondary N) is 2. The number of H-pyrrole nitrogens is 1. The average Bonchev–Trinajstić information content (AvgIpc) is 3.01. The Morgan fingerprint density at radius 3 is 2.73 bits per heavy atom. The fourth-order valence-electron chi connectivity index (χ4n) is 2.12. The third-order valence-electron chi connectivity index (χ3n) is 3.26. The van der Waals surface area contributed by atoms with Crippen LogP contribution in [-0.2, 0) is 0 Å². The molecule has 22 heavy (non-hydrogen) atoms. The number of primary amides is 1. The Kier molecular flexibility index (Phi) is 3.69. The molecule has 2 heterocycles. The predicted octanol–water partition coefficient (Wildman–Crippen LogP) is 1.94. The van der Waals surface area contributed by atoms with Gasteiger partial charge in [-0.3, -0.25) is 4.79 Å². The number of hydrogen-bond donors (Lipinski definition) is 3. The highest BCUT2D eigenvalue weighted by Crippen LogP contribution is 2.23. The van der Waals surface area contributed by atoms with E-state index in [1.54, 1.807) is 30.6 Å². The number of carbonyl (C=O) groups is 1. The summed E-state index contributed by atoms with van der Waals surface area (Å²) in [7, 11) is 0.